The molecule has 0 unspecified atom stereocenters. The van der Waals surface area contributed by atoms with Crippen LogP contribution < -0.4 is 19.8 Å². The van der Waals surface area contributed by atoms with Crippen LogP contribution in [-0.2, 0) is 0 Å². The van der Waals surface area contributed by atoms with Crippen molar-refractivity contribution in [3.8, 4) is 23.0 Å². The first kappa shape index (κ1) is 13.5. The van der Waals surface area contributed by atoms with Gasteiger partial charge in [-0.05, 0) is 41.9 Å². The highest BCUT2D eigenvalue weighted by molar-refractivity contribution is 6.58. The van der Waals surface area contributed by atoms with E-state index in [-0.39, 0.29) is 0 Å². The highest BCUT2D eigenvalue weighted by atomic mass is 16.5. The molecule has 0 saturated heterocycles. The van der Waals surface area contributed by atoms with E-state index < -0.39 is 7.12 Å². The van der Waals surface area contributed by atoms with Gasteiger partial charge in [0, 0.05) is 0 Å². The predicted octanol–water partition coefficient (Wildman–Crippen LogP) is 3.05. The van der Waals surface area contributed by atoms with Crippen molar-refractivity contribution in [2.24, 2.45) is 0 Å². The molecule has 24 heavy (non-hydrogen) atoms. The lowest BCUT2D eigenvalue weighted by atomic mass is 9.80. The topological polar surface area (TPSA) is 62.2 Å². The van der Waals surface area contributed by atoms with Crippen LogP contribution in [0.4, 0.5) is 17.1 Å². The summed E-state index contributed by atoms with van der Waals surface area (Å²) >= 11 is 0. The van der Waals surface area contributed by atoms with E-state index in [0.717, 1.165) is 28.6 Å². The fourth-order valence-corrected chi connectivity index (χ4v) is 3.18. The zero-order valence-electron chi connectivity index (χ0n) is 12.5. The minimum Gasteiger partial charge on any atom is -0.453 e. The average molecular weight is 317 g/mol. The summed E-state index contributed by atoms with van der Waals surface area (Å²) in [5, 5.41) is 18.8. The van der Waals surface area contributed by atoms with Gasteiger partial charge in [0.1, 0.15) is 5.69 Å². The Balaban J connectivity index is 1.79. The van der Waals surface area contributed by atoms with Crippen LogP contribution in [0.5, 0.6) is 23.0 Å². The molecule has 0 spiro atoms. The Kier molecular flexibility index (Phi) is 2.68. The first-order valence-electron chi connectivity index (χ1n) is 7.60. The molecular formula is C18H12BNO4. The first-order valence-corrected chi connectivity index (χ1v) is 7.60. The van der Waals surface area contributed by atoms with Crippen LogP contribution in [0.1, 0.15) is 0 Å². The molecule has 0 aromatic heterocycles. The summed E-state index contributed by atoms with van der Waals surface area (Å²) in [5.74, 6) is 2.73. The van der Waals surface area contributed by atoms with Crippen molar-refractivity contribution in [1.82, 2.24) is 0 Å². The molecule has 3 aromatic carbocycles. The second kappa shape index (κ2) is 4.77. The van der Waals surface area contributed by atoms with Gasteiger partial charge in [-0.15, -0.1) is 0 Å². The maximum Gasteiger partial charge on any atom is 0.488 e. The summed E-state index contributed by atoms with van der Waals surface area (Å²) < 4.78 is 12.0. The fourth-order valence-electron chi connectivity index (χ4n) is 3.18. The van der Waals surface area contributed by atoms with E-state index in [2.05, 4.69) is 4.90 Å². The van der Waals surface area contributed by atoms with Gasteiger partial charge in [-0.1, -0.05) is 24.3 Å². The molecule has 0 bridgehead atoms. The van der Waals surface area contributed by atoms with Crippen LogP contribution in [-0.4, -0.2) is 17.2 Å². The van der Waals surface area contributed by atoms with Crippen LogP contribution in [0.3, 0.4) is 0 Å². The van der Waals surface area contributed by atoms with Crippen LogP contribution >= 0.6 is 0 Å². The maximum atomic E-state index is 9.42. The molecule has 2 heterocycles. The lowest BCUT2D eigenvalue weighted by molar-refractivity contribution is 0.424. The van der Waals surface area contributed by atoms with E-state index >= 15 is 0 Å². The molecule has 2 aliphatic rings. The molecule has 6 heteroatoms. The monoisotopic (exact) mass is 317 g/mol. The maximum absolute atomic E-state index is 9.42. The highest BCUT2D eigenvalue weighted by Gasteiger charge is 2.34. The Labute approximate surface area is 138 Å². The van der Waals surface area contributed by atoms with E-state index in [1.807, 2.05) is 48.5 Å². The molecule has 0 radical (unpaired) electrons. The molecule has 0 atom stereocenters. The van der Waals surface area contributed by atoms with Crippen molar-refractivity contribution in [3.63, 3.8) is 0 Å². The van der Waals surface area contributed by atoms with E-state index in [0.29, 0.717) is 17.0 Å². The first-order chi connectivity index (χ1) is 11.7. The Bertz CT molecular complexity index is 973. The van der Waals surface area contributed by atoms with E-state index in [9.17, 15) is 10.0 Å². The molecule has 5 nitrogen and oxygen atoms in total. The van der Waals surface area contributed by atoms with Crippen LogP contribution in [0.15, 0.2) is 60.7 Å². The summed E-state index contributed by atoms with van der Waals surface area (Å²) in [4.78, 5) is 2.08. The normalized spacial score (nSPS) is 13.2. The average Bonchev–Trinajstić information content (AvgIpc) is 2.61. The van der Waals surface area contributed by atoms with Crippen LogP contribution in [0, 0.1) is 0 Å². The second-order valence-electron chi connectivity index (χ2n) is 5.71. The third-order valence-electron chi connectivity index (χ3n) is 4.25. The van der Waals surface area contributed by atoms with Gasteiger partial charge in [-0.25, -0.2) is 0 Å². The molecule has 2 N–H and O–H groups in total. The minimum atomic E-state index is -1.54. The number of para-hydroxylation sites is 3. The number of benzene rings is 3. The van der Waals surface area contributed by atoms with Gasteiger partial charge >= 0.3 is 7.12 Å². The lowest BCUT2D eigenvalue weighted by Crippen LogP contribution is -2.30. The van der Waals surface area contributed by atoms with Crippen LogP contribution in [0.25, 0.3) is 0 Å². The van der Waals surface area contributed by atoms with Crippen LogP contribution in [0.2, 0.25) is 0 Å². The standard InChI is InChI=1S/C18H12BNO4/c21-19(22)11-8-9-13-17(10-11)24-16-7-3-6-15-18(16)20(13)12-4-1-2-5-14(12)23-15/h1-10,21-22H. The summed E-state index contributed by atoms with van der Waals surface area (Å²) in [5.41, 5.74) is 2.98. The Morgan fingerprint density at radius 1 is 0.708 bits per heavy atom. The number of fused-ring (bicyclic) bond motifs is 4. The lowest BCUT2D eigenvalue weighted by Gasteiger charge is -2.37. The van der Waals surface area contributed by atoms with Crippen molar-refractivity contribution in [1.29, 1.82) is 0 Å². The van der Waals surface area contributed by atoms with Crippen molar-refractivity contribution in [2.45, 2.75) is 0 Å². The molecule has 116 valence electrons. The van der Waals surface area contributed by atoms with Gasteiger partial charge < -0.3 is 19.5 Å². The zero-order valence-corrected chi connectivity index (χ0v) is 12.5. The van der Waals surface area contributed by atoms with E-state index in [4.69, 9.17) is 9.47 Å². The molecule has 0 fully saturated rings. The third-order valence-corrected chi connectivity index (χ3v) is 4.25. The molecule has 0 amide bonds. The van der Waals surface area contributed by atoms with Gasteiger partial charge in [0.2, 0.25) is 0 Å². The number of hydrogen-bond acceptors (Lipinski definition) is 5. The summed E-state index contributed by atoms with van der Waals surface area (Å²) in [6, 6.07) is 18.6. The molecule has 0 aliphatic carbocycles. The van der Waals surface area contributed by atoms with Gasteiger partial charge in [0.05, 0.1) is 11.4 Å². The predicted molar refractivity (Wildman–Crippen MR) is 91.1 cm³/mol. The van der Waals surface area contributed by atoms with Crippen molar-refractivity contribution in [3.05, 3.63) is 60.7 Å². The summed E-state index contributed by atoms with van der Waals surface area (Å²) in [7, 11) is -1.54. The summed E-state index contributed by atoms with van der Waals surface area (Å²) in [6.45, 7) is 0. The van der Waals surface area contributed by atoms with E-state index in [1.54, 1.807) is 12.1 Å². The van der Waals surface area contributed by atoms with Gasteiger partial charge in [0.15, 0.2) is 23.0 Å². The Morgan fingerprint density at radius 3 is 2.17 bits per heavy atom. The Morgan fingerprint density at radius 2 is 1.38 bits per heavy atom. The smallest absolute Gasteiger partial charge is 0.453 e. The summed E-state index contributed by atoms with van der Waals surface area (Å²) in [6.07, 6.45) is 0. The number of rotatable bonds is 1. The SMILES string of the molecule is OB(O)c1ccc2c(c1)Oc1cccc3c1N2c1ccccc1O3. The number of nitrogens with zero attached hydrogens (tertiary/aromatic N) is 1. The van der Waals surface area contributed by atoms with Crippen molar-refractivity contribution in [2.75, 3.05) is 4.90 Å². The molecule has 0 saturated carbocycles. The molecule has 2 aliphatic heterocycles. The Hall–Kier alpha value is -2.96. The minimum absolute atomic E-state index is 0.384. The van der Waals surface area contributed by atoms with Gasteiger partial charge in [-0.3, -0.25) is 4.90 Å². The molecule has 3 aromatic rings. The van der Waals surface area contributed by atoms with Gasteiger partial charge in [-0.2, -0.15) is 0 Å². The van der Waals surface area contributed by atoms with E-state index in [1.165, 1.54) is 0 Å². The number of anilines is 3. The van der Waals surface area contributed by atoms with Gasteiger partial charge in [0.25, 0.3) is 0 Å². The molecular weight excluding hydrogens is 305 g/mol. The van der Waals surface area contributed by atoms with Crippen molar-refractivity contribution < 1.29 is 19.5 Å². The third kappa shape index (κ3) is 1.78. The highest BCUT2D eigenvalue weighted by Crippen LogP contribution is 2.58. The largest absolute Gasteiger partial charge is 0.488 e. The molecule has 5 rings (SSSR count). The number of hydrogen-bond donors (Lipinski definition) is 2. The quantitative estimate of drug-likeness (QED) is 0.465. The zero-order chi connectivity index (χ0) is 16.3. The fraction of sp³-hybridized carbons (Fsp3) is 0. The van der Waals surface area contributed by atoms with Crippen molar-refractivity contribution >= 4 is 29.6 Å². The number of ether oxygens (including phenoxy) is 2. The second-order valence-corrected chi connectivity index (χ2v) is 5.71.